The Balaban J connectivity index is 2.21. The van der Waals surface area contributed by atoms with Gasteiger partial charge in [0, 0.05) is 12.7 Å². The van der Waals surface area contributed by atoms with E-state index in [0.29, 0.717) is 12.3 Å². The lowest BCUT2D eigenvalue weighted by Crippen LogP contribution is -2.30. The monoisotopic (exact) mass is 299 g/mol. The summed E-state index contributed by atoms with van der Waals surface area (Å²) < 4.78 is 32.8. The zero-order valence-electron chi connectivity index (χ0n) is 11.1. The second kappa shape index (κ2) is 6.21. The van der Waals surface area contributed by atoms with E-state index in [4.69, 9.17) is 9.52 Å². The first-order valence-electron chi connectivity index (χ1n) is 6.23. The molecule has 2 heterocycles. The van der Waals surface area contributed by atoms with E-state index in [9.17, 15) is 8.42 Å². The predicted molar refractivity (Wildman–Crippen MR) is 71.3 cm³/mol. The molecule has 0 saturated heterocycles. The van der Waals surface area contributed by atoms with Crippen LogP contribution in [0.1, 0.15) is 12.7 Å². The average Bonchev–Trinajstić information content (AvgIpc) is 3.07. The van der Waals surface area contributed by atoms with E-state index in [1.165, 1.54) is 27.6 Å². The molecule has 110 valence electrons. The van der Waals surface area contributed by atoms with Gasteiger partial charge in [-0.05, 0) is 12.1 Å². The molecular weight excluding hydrogens is 282 g/mol. The van der Waals surface area contributed by atoms with Crippen molar-refractivity contribution in [3.63, 3.8) is 0 Å². The molecule has 8 heteroatoms. The fourth-order valence-corrected chi connectivity index (χ4v) is 3.17. The predicted octanol–water partition coefficient (Wildman–Crippen LogP) is 0.679. The zero-order chi connectivity index (χ0) is 14.6. The summed E-state index contributed by atoms with van der Waals surface area (Å²) in [6.07, 6.45) is 4.21. The minimum atomic E-state index is -3.62. The fraction of sp³-hybridized carbons (Fsp3) is 0.417. The summed E-state index contributed by atoms with van der Waals surface area (Å²) in [5, 5.41) is 12.7. The Morgan fingerprint density at radius 1 is 1.50 bits per heavy atom. The lowest BCUT2D eigenvalue weighted by Gasteiger charge is -2.18. The minimum Gasteiger partial charge on any atom is -0.468 e. The topological polar surface area (TPSA) is 88.6 Å². The van der Waals surface area contributed by atoms with E-state index in [-0.39, 0.29) is 24.6 Å². The quantitative estimate of drug-likeness (QED) is 0.812. The summed E-state index contributed by atoms with van der Waals surface area (Å²) in [7, 11) is -3.62. The SMILES string of the molecule is CCN(Cc1ccco1)S(=O)(=O)c1cnn(CCO)c1. The van der Waals surface area contributed by atoms with Crippen LogP contribution in [0, 0.1) is 0 Å². The van der Waals surface area contributed by atoms with Gasteiger partial charge < -0.3 is 9.52 Å². The highest BCUT2D eigenvalue weighted by Crippen LogP contribution is 2.17. The van der Waals surface area contributed by atoms with Gasteiger partial charge in [-0.25, -0.2) is 8.42 Å². The molecule has 0 saturated carbocycles. The van der Waals surface area contributed by atoms with E-state index >= 15 is 0 Å². The second-order valence-corrected chi connectivity index (χ2v) is 6.11. The first-order valence-corrected chi connectivity index (χ1v) is 7.67. The molecule has 0 unspecified atom stereocenters. The summed E-state index contributed by atoms with van der Waals surface area (Å²) in [5.41, 5.74) is 0. The van der Waals surface area contributed by atoms with Gasteiger partial charge in [-0.2, -0.15) is 9.40 Å². The van der Waals surface area contributed by atoms with Gasteiger partial charge in [0.2, 0.25) is 10.0 Å². The van der Waals surface area contributed by atoms with Crippen molar-refractivity contribution >= 4 is 10.0 Å². The normalized spacial score (nSPS) is 12.2. The Hall–Kier alpha value is -1.64. The Labute approximate surface area is 117 Å². The molecule has 0 aliphatic rings. The molecule has 0 bridgehead atoms. The maximum absolute atomic E-state index is 12.5. The standard InChI is InChI=1S/C12H17N3O4S/c1-2-15(9-11-4-3-7-19-11)20(17,18)12-8-13-14(10-12)5-6-16/h3-4,7-8,10,16H,2,5-6,9H2,1H3. The summed E-state index contributed by atoms with van der Waals surface area (Å²) in [4.78, 5) is 0.111. The Kier molecular flexibility index (Phi) is 4.58. The van der Waals surface area contributed by atoms with Crippen LogP contribution in [0.4, 0.5) is 0 Å². The Morgan fingerprint density at radius 3 is 2.90 bits per heavy atom. The van der Waals surface area contributed by atoms with E-state index in [1.807, 2.05) is 0 Å². The number of rotatable bonds is 7. The van der Waals surface area contributed by atoms with Crippen LogP contribution in [-0.4, -0.2) is 40.8 Å². The van der Waals surface area contributed by atoms with Crippen LogP contribution in [0.3, 0.4) is 0 Å². The highest BCUT2D eigenvalue weighted by Gasteiger charge is 2.25. The number of furan rings is 1. The molecule has 0 radical (unpaired) electrons. The number of hydrogen-bond acceptors (Lipinski definition) is 5. The van der Waals surface area contributed by atoms with Crippen molar-refractivity contribution in [3.8, 4) is 0 Å². The molecular formula is C12H17N3O4S. The minimum absolute atomic E-state index is 0.0922. The molecule has 0 amide bonds. The smallest absolute Gasteiger partial charge is 0.246 e. The second-order valence-electron chi connectivity index (χ2n) is 4.17. The average molecular weight is 299 g/mol. The molecule has 2 rings (SSSR count). The van der Waals surface area contributed by atoms with Crippen LogP contribution in [0.15, 0.2) is 40.1 Å². The highest BCUT2D eigenvalue weighted by atomic mass is 32.2. The molecule has 2 aromatic rings. The molecule has 0 atom stereocenters. The van der Waals surface area contributed by atoms with Gasteiger partial charge >= 0.3 is 0 Å². The van der Waals surface area contributed by atoms with Crippen molar-refractivity contribution in [3.05, 3.63) is 36.5 Å². The number of aliphatic hydroxyl groups excluding tert-OH is 1. The van der Waals surface area contributed by atoms with Crippen molar-refractivity contribution in [2.45, 2.75) is 24.9 Å². The summed E-state index contributed by atoms with van der Waals surface area (Å²) in [6.45, 7) is 2.44. The van der Waals surface area contributed by atoms with Gasteiger partial charge in [-0.3, -0.25) is 4.68 Å². The van der Waals surface area contributed by atoms with E-state index in [2.05, 4.69) is 5.10 Å². The summed E-state index contributed by atoms with van der Waals surface area (Å²) >= 11 is 0. The summed E-state index contributed by atoms with van der Waals surface area (Å²) in [5.74, 6) is 0.582. The maximum Gasteiger partial charge on any atom is 0.246 e. The number of nitrogens with zero attached hydrogens (tertiary/aromatic N) is 3. The number of sulfonamides is 1. The van der Waals surface area contributed by atoms with Crippen molar-refractivity contribution < 1.29 is 17.9 Å². The third-order valence-corrected chi connectivity index (χ3v) is 4.72. The molecule has 20 heavy (non-hydrogen) atoms. The lowest BCUT2D eigenvalue weighted by atomic mass is 10.4. The van der Waals surface area contributed by atoms with Crippen molar-refractivity contribution in [1.29, 1.82) is 0 Å². The molecule has 0 aliphatic carbocycles. The highest BCUT2D eigenvalue weighted by molar-refractivity contribution is 7.89. The van der Waals surface area contributed by atoms with E-state index < -0.39 is 10.0 Å². The van der Waals surface area contributed by atoms with Crippen LogP contribution in [0.2, 0.25) is 0 Å². The molecule has 7 nitrogen and oxygen atoms in total. The van der Waals surface area contributed by atoms with Gasteiger partial charge in [0.15, 0.2) is 0 Å². The molecule has 2 aromatic heterocycles. The van der Waals surface area contributed by atoms with Gasteiger partial charge in [0.05, 0.1) is 32.2 Å². The van der Waals surface area contributed by atoms with Gasteiger partial charge in [0.25, 0.3) is 0 Å². The summed E-state index contributed by atoms with van der Waals surface area (Å²) in [6, 6.07) is 3.45. The number of hydrogen-bond donors (Lipinski definition) is 1. The van der Waals surface area contributed by atoms with Crippen molar-refractivity contribution in [2.75, 3.05) is 13.2 Å². The number of aromatic nitrogens is 2. The first kappa shape index (κ1) is 14.8. The van der Waals surface area contributed by atoms with E-state index in [0.717, 1.165) is 0 Å². The van der Waals surface area contributed by atoms with E-state index in [1.54, 1.807) is 19.1 Å². The Bertz CT molecular complexity index is 633. The molecule has 1 N–H and O–H groups in total. The fourth-order valence-electron chi connectivity index (χ4n) is 1.79. The number of aliphatic hydroxyl groups is 1. The third-order valence-electron chi connectivity index (χ3n) is 2.84. The van der Waals surface area contributed by atoms with Crippen molar-refractivity contribution in [2.24, 2.45) is 0 Å². The first-order chi connectivity index (χ1) is 9.57. The largest absolute Gasteiger partial charge is 0.468 e. The zero-order valence-corrected chi connectivity index (χ0v) is 12.0. The van der Waals surface area contributed by atoms with Gasteiger partial charge in [0.1, 0.15) is 10.7 Å². The van der Waals surface area contributed by atoms with Crippen molar-refractivity contribution in [1.82, 2.24) is 14.1 Å². The molecule has 0 aliphatic heterocycles. The van der Waals surface area contributed by atoms with Crippen LogP contribution < -0.4 is 0 Å². The molecule has 0 fully saturated rings. The van der Waals surface area contributed by atoms with Crippen LogP contribution in [0.5, 0.6) is 0 Å². The van der Waals surface area contributed by atoms with Gasteiger partial charge in [-0.1, -0.05) is 6.92 Å². The van der Waals surface area contributed by atoms with Crippen LogP contribution >= 0.6 is 0 Å². The lowest BCUT2D eigenvalue weighted by molar-refractivity contribution is 0.269. The Morgan fingerprint density at radius 2 is 2.30 bits per heavy atom. The third kappa shape index (κ3) is 3.09. The molecule has 0 aromatic carbocycles. The maximum atomic E-state index is 12.5. The van der Waals surface area contributed by atoms with Crippen LogP contribution in [0.25, 0.3) is 0 Å². The molecule has 0 spiro atoms. The van der Waals surface area contributed by atoms with Gasteiger partial charge in [-0.15, -0.1) is 0 Å². The van der Waals surface area contributed by atoms with Crippen LogP contribution in [-0.2, 0) is 23.1 Å².